The van der Waals surface area contributed by atoms with Gasteiger partial charge in [0.15, 0.2) is 15.6 Å². The van der Waals surface area contributed by atoms with E-state index in [1.54, 1.807) is 24.3 Å². The molecular formula is C14H18O5S. The number of esters is 1. The van der Waals surface area contributed by atoms with Crippen LogP contribution in [-0.2, 0) is 19.4 Å². The minimum absolute atomic E-state index is 0.0752. The van der Waals surface area contributed by atoms with E-state index in [9.17, 15) is 18.0 Å². The summed E-state index contributed by atoms with van der Waals surface area (Å²) in [7, 11) is -2.10. The van der Waals surface area contributed by atoms with Crippen molar-refractivity contribution in [2.45, 2.75) is 19.3 Å². The summed E-state index contributed by atoms with van der Waals surface area (Å²) < 4.78 is 27.7. The first-order valence-electron chi connectivity index (χ1n) is 6.30. The standard InChI is InChI=1S/C14H18O5S/c1-19-14(16)9-11-20(17,18)10-5-8-13(15)12-6-3-2-4-7-12/h2-4,6-7H,5,8-11H2,1H3. The molecule has 0 aliphatic heterocycles. The van der Waals surface area contributed by atoms with Crippen LogP contribution in [0.1, 0.15) is 29.6 Å². The molecule has 0 spiro atoms. The van der Waals surface area contributed by atoms with Crippen molar-refractivity contribution in [1.29, 1.82) is 0 Å². The van der Waals surface area contributed by atoms with Crippen LogP contribution < -0.4 is 0 Å². The van der Waals surface area contributed by atoms with Gasteiger partial charge in [0.1, 0.15) is 0 Å². The normalized spacial score (nSPS) is 11.1. The highest BCUT2D eigenvalue weighted by atomic mass is 32.2. The van der Waals surface area contributed by atoms with Crippen LogP contribution in [-0.4, -0.2) is 38.8 Å². The fraction of sp³-hybridized carbons (Fsp3) is 0.429. The highest BCUT2D eigenvalue weighted by Gasteiger charge is 2.15. The van der Waals surface area contributed by atoms with Crippen LogP contribution in [0, 0.1) is 0 Å². The second-order valence-electron chi connectivity index (χ2n) is 4.37. The van der Waals surface area contributed by atoms with E-state index in [1.165, 1.54) is 7.11 Å². The van der Waals surface area contributed by atoms with E-state index in [0.717, 1.165) is 0 Å². The third-order valence-corrected chi connectivity index (χ3v) is 4.54. The van der Waals surface area contributed by atoms with Crippen molar-refractivity contribution in [3.63, 3.8) is 0 Å². The number of ketones is 1. The highest BCUT2D eigenvalue weighted by Crippen LogP contribution is 2.07. The molecule has 0 radical (unpaired) electrons. The summed E-state index contributed by atoms with van der Waals surface area (Å²) in [6, 6.07) is 8.75. The monoisotopic (exact) mass is 298 g/mol. The van der Waals surface area contributed by atoms with Gasteiger partial charge >= 0.3 is 5.97 Å². The van der Waals surface area contributed by atoms with Gasteiger partial charge in [-0.1, -0.05) is 30.3 Å². The highest BCUT2D eigenvalue weighted by molar-refractivity contribution is 7.91. The van der Waals surface area contributed by atoms with Gasteiger partial charge in [0.2, 0.25) is 0 Å². The second-order valence-corrected chi connectivity index (χ2v) is 6.67. The van der Waals surface area contributed by atoms with Crippen LogP contribution in [0.2, 0.25) is 0 Å². The molecule has 0 heterocycles. The van der Waals surface area contributed by atoms with Crippen LogP contribution in [0.3, 0.4) is 0 Å². The fourth-order valence-corrected chi connectivity index (χ4v) is 2.93. The van der Waals surface area contributed by atoms with Crippen LogP contribution in [0.15, 0.2) is 30.3 Å². The number of Topliss-reactive ketones (excluding diaryl/α,β-unsaturated/α-hetero) is 1. The van der Waals surface area contributed by atoms with E-state index < -0.39 is 15.8 Å². The van der Waals surface area contributed by atoms with E-state index in [1.807, 2.05) is 6.07 Å². The predicted molar refractivity (Wildman–Crippen MR) is 75.3 cm³/mol. The number of ether oxygens (including phenoxy) is 1. The Bertz CT molecular complexity index is 548. The maximum absolute atomic E-state index is 11.8. The number of benzene rings is 1. The van der Waals surface area contributed by atoms with Crippen molar-refractivity contribution in [2.24, 2.45) is 0 Å². The molecule has 0 aromatic heterocycles. The minimum Gasteiger partial charge on any atom is -0.469 e. The van der Waals surface area contributed by atoms with Crippen LogP contribution in [0.5, 0.6) is 0 Å². The number of hydrogen-bond acceptors (Lipinski definition) is 5. The zero-order valence-corrected chi connectivity index (χ0v) is 12.2. The number of hydrogen-bond donors (Lipinski definition) is 0. The van der Waals surface area contributed by atoms with Gasteiger partial charge in [-0.3, -0.25) is 9.59 Å². The van der Waals surface area contributed by atoms with Crippen LogP contribution >= 0.6 is 0 Å². The molecular weight excluding hydrogens is 280 g/mol. The number of carbonyl (C=O) groups excluding carboxylic acids is 2. The molecule has 0 saturated carbocycles. The Hall–Kier alpha value is -1.69. The summed E-state index contributed by atoms with van der Waals surface area (Å²) in [5.74, 6) is -0.954. The van der Waals surface area contributed by atoms with E-state index in [4.69, 9.17) is 0 Å². The summed E-state index contributed by atoms with van der Waals surface area (Å²) in [6.45, 7) is 0. The van der Waals surface area contributed by atoms with Gasteiger partial charge in [0, 0.05) is 12.0 Å². The average molecular weight is 298 g/mol. The maximum Gasteiger partial charge on any atom is 0.306 e. The third-order valence-electron chi connectivity index (χ3n) is 2.80. The molecule has 0 unspecified atom stereocenters. The van der Waals surface area contributed by atoms with Gasteiger partial charge in [-0.15, -0.1) is 0 Å². The number of rotatable bonds is 8. The first-order valence-corrected chi connectivity index (χ1v) is 8.12. The van der Waals surface area contributed by atoms with Crippen molar-refractivity contribution < 1.29 is 22.7 Å². The molecule has 1 aromatic rings. The van der Waals surface area contributed by atoms with E-state index >= 15 is 0 Å². The largest absolute Gasteiger partial charge is 0.469 e. The molecule has 1 rings (SSSR count). The van der Waals surface area contributed by atoms with Crippen LogP contribution in [0.4, 0.5) is 0 Å². The molecule has 110 valence electrons. The minimum atomic E-state index is -3.32. The van der Waals surface area contributed by atoms with Gasteiger partial charge in [0.05, 0.1) is 25.0 Å². The van der Waals surface area contributed by atoms with Gasteiger partial charge in [-0.05, 0) is 6.42 Å². The fourth-order valence-electron chi connectivity index (χ4n) is 1.66. The molecule has 0 atom stereocenters. The van der Waals surface area contributed by atoms with Gasteiger partial charge in [0.25, 0.3) is 0 Å². The van der Waals surface area contributed by atoms with Crippen molar-refractivity contribution in [2.75, 3.05) is 18.6 Å². The Balaban J connectivity index is 2.36. The van der Waals surface area contributed by atoms with Gasteiger partial charge in [-0.25, -0.2) is 8.42 Å². The number of sulfone groups is 1. The number of carbonyl (C=O) groups is 2. The molecule has 5 nitrogen and oxygen atoms in total. The van der Waals surface area contributed by atoms with Crippen molar-refractivity contribution in [3.05, 3.63) is 35.9 Å². The van der Waals surface area contributed by atoms with E-state index in [-0.39, 0.29) is 36.6 Å². The lowest BCUT2D eigenvalue weighted by atomic mass is 10.1. The molecule has 0 aliphatic carbocycles. The SMILES string of the molecule is COC(=O)CCS(=O)(=O)CCCC(=O)c1ccccc1. The molecule has 0 amide bonds. The molecule has 0 saturated heterocycles. The summed E-state index contributed by atoms with van der Waals surface area (Å²) >= 11 is 0. The summed E-state index contributed by atoms with van der Waals surface area (Å²) in [4.78, 5) is 22.7. The first-order chi connectivity index (χ1) is 9.44. The molecule has 0 N–H and O–H groups in total. The smallest absolute Gasteiger partial charge is 0.306 e. The zero-order chi connectivity index (χ0) is 15.0. The molecule has 0 fully saturated rings. The summed E-state index contributed by atoms with van der Waals surface area (Å²) in [5, 5.41) is 0. The Morgan fingerprint density at radius 3 is 2.30 bits per heavy atom. The molecule has 6 heteroatoms. The molecule has 0 aliphatic rings. The zero-order valence-electron chi connectivity index (χ0n) is 11.4. The Kier molecular flexibility index (Phi) is 6.38. The maximum atomic E-state index is 11.8. The Morgan fingerprint density at radius 2 is 1.70 bits per heavy atom. The predicted octanol–water partition coefficient (Wildman–Crippen LogP) is 1.63. The Morgan fingerprint density at radius 1 is 1.05 bits per heavy atom. The van der Waals surface area contributed by atoms with Gasteiger partial charge in [-0.2, -0.15) is 0 Å². The van der Waals surface area contributed by atoms with Crippen molar-refractivity contribution in [1.82, 2.24) is 0 Å². The van der Waals surface area contributed by atoms with Crippen molar-refractivity contribution in [3.8, 4) is 0 Å². The topological polar surface area (TPSA) is 77.5 Å². The van der Waals surface area contributed by atoms with E-state index in [0.29, 0.717) is 5.56 Å². The Labute approximate surface area is 118 Å². The lowest BCUT2D eigenvalue weighted by Gasteiger charge is -2.04. The summed E-state index contributed by atoms with van der Waals surface area (Å²) in [5.41, 5.74) is 0.583. The van der Waals surface area contributed by atoms with E-state index in [2.05, 4.69) is 4.74 Å². The summed E-state index contributed by atoms with van der Waals surface area (Å²) in [6.07, 6.45) is 0.296. The quantitative estimate of drug-likeness (QED) is 0.538. The first kappa shape index (κ1) is 16.4. The van der Waals surface area contributed by atoms with Gasteiger partial charge < -0.3 is 4.74 Å². The molecule has 1 aromatic carbocycles. The van der Waals surface area contributed by atoms with Crippen LogP contribution in [0.25, 0.3) is 0 Å². The third kappa shape index (κ3) is 5.97. The second kappa shape index (κ2) is 7.79. The lowest BCUT2D eigenvalue weighted by Crippen LogP contribution is -2.16. The molecule has 20 heavy (non-hydrogen) atoms. The van der Waals surface area contributed by atoms with Crippen molar-refractivity contribution >= 4 is 21.6 Å². The average Bonchev–Trinajstić information content (AvgIpc) is 2.45. The lowest BCUT2D eigenvalue weighted by molar-refractivity contribution is -0.140. The number of methoxy groups -OCH3 is 1. The molecule has 0 bridgehead atoms.